The molecule has 23 heavy (non-hydrogen) atoms. The molecule has 0 aromatic carbocycles. The zero-order valence-corrected chi connectivity index (χ0v) is 14.0. The standard InChI is InChI=1S/C19H27N3O/c1-16-6-3-4-7-18(16)8-9-19(23)14-17(2)21-10-5-12-22-13-11-20-15-22/h8-9,11,13,15,23H,1,3-7,10,12,14H2,2H3/b18-8-,19-9+,21-17+. The van der Waals surface area contributed by atoms with Crippen molar-refractivity contribution in [2.24, 2.45) is 4.99 Å². The SMILES string of the molecule is C=C1CCCC/C1=C/C=C(/O)C/C(C)=N/CCCn1ccnc1. The van der Waals surface area contributed by atoms with E-state index in [9.17, 15) is 5.11 Å². The predicted octanol–water partition coefficient (Wildman–Crippen LogP) is 4.62. The summed E-state index contributed by atoms with van der Waals surface area (Å²) in [5.41, 5.74) is 3.45. The number of imidazole rings is 1. The predicted molar refractivity (Wildman–Crippen MR) is 95.8 cm³/mol. The van der Waals surface area contributed by atoms with Crippen molar-refractivity contribution in [1.29, 1.82) is 0 Å². The van der Waals surface area contributed by atoms with Crippen molar-refractivity contribution >= 4 is 5.71 Å². The molecule has 2 rings (SSSR count). The number of aliphatic hydroxyl groups is 1. The average molecular weight is 313 g/mol. The third kappa shape index (κ3) is 6.27. The van der Waals surface area contributed by atoms with Crippen molar-refractivity contribution < 1.29 is 5.11 Å². The first-order valence-corrected chi connectivity index (χ1v) is 8.37. The Bertz CT molecular complexity index is 594. The number of aromatic nitrogens is 2. The quantitative estimate of drug-likeness (QED) is 0.453. The van der Waals surface area contributed by atoms with Gasteiger partial charge in [-0.15, -0.1) is 0 Å². The van der Waals surface area contributed by atoms with Crippen LogP contribution < -0.4 is 0 Å². The molecule has 1 saturated carbocycles. The van der Waals surface area contributed by atoms with Gasteiger partial charge in [0, 0.05) is 37.6 Å². The van der Waals surface area contributed by atoms with Gasteiger partial charge >= 0.3 is 0 Å². The Morgan fingerprint density at radius 1 is 1.43 bits per heavy atom. The van der Waals surface area contributed by atoms with Gasteiger partial charge in [-0.3, -0.25) is 4.99 Å². The maximum Gasteiger partial charge on any atom is 0.0978 e. The lowest BCUT2D eigenvalue weighted by molar-refractivity contribution is 0.405. The lowest BCUT2D eigenvalue weighted by Gasteiger charge is -2.16. The number of aliphatic imine (C=N–C) groups is 1. The van der Waals surface area contributed by atoms with E-state index in [1.807, 2.05) is 30.1 Å². The van der Waals surface area contributed by atoms with Crippen molar-refractivity contribution in [2.45, 2.75) is 52.0 Å². The minimum atomic E-state index is 0.367. The third-order valence-corrected chi connectivity index (χ3v) is 4.06. The number of hydrogen-bond donors (Lipinski definition) is 1. The van der Waals surface area contributed by atoms with Gasteiger partial charge in [-0.05, 0) is 50.7 Å². The minimum Gasteiger partial charge on any atom is -0.512 e. The highest BCUT2D eigenvalue weighted by Crippen LogP contribution is 2.27. The fourth-order valence-corrected chi connectivity index (χ4v) is 2.71. The van der Waals surface area contributed by atoms with Crippen LogP contribution in [-0.2, 0) is 6.54 Å². The average Bonchev–Trinajstić information content (AvgIpc) is 3.04. The molecule has 1 fully saturated rings. The molecule has 0 spiro atoms. The topological polar surface area (TPSA) is 50.4 Å². The van der Waals surface area contributed by atoms with Crippen LogP contribution in [0.2, 0.25) is 0 Å². The van der Waals surface area contributed by atoms with Crippen molar-refractivity contribution in [3.05, 3.63) is 54.4 Å². The van der Waals surface area contributed by atoms with Crippen LogP contribution in [0.1, 0.15) is 45.4 Å². The second kappa shape index (κ2) is 9.13. The van der Waals surface area contributed by atoms with Gasteiger partial charge in [0.15, 0.2) is 0 Å². The molecule has 0 aliphatic heterocycles. The Morgan fingerprint density at radius 3 is 3.00 bits per heavy atom. The molecule has 0 unspecified atom stereocenters. The zero-order chi connectivity index (χ0) is 16.5. The van der Waals surface area contributed by atoms with Gasteiger partial charge in [0.05, 0.1) is 12.1 Å². The van der Waals surface area contributed by atoms with Gasteiger partial charge in [-0.25, -0.2) is 4.98 Å². The second-order valence-corrected chi connectivity index (χ2v) is 6.11. The molecule has 4 heteroatoms. The van der Waals surface area contributed by atoms with Crippen molar-refractivity contribution in [3.63, 3.8) is 0 Å². The fourth-order valence-electron chi connectivity index (χ4n) is 2.71. The molecule has 0 saturated heterocycles. The van der Waals surface area contributed by atoms with Gasteiger partial charge in [0.25, 0.3) is 0 Å². The van der Waals surface area contributed by atoms with Crippen LogP contribution in [0.4, 0.5) is 0 Å². The van der Waals surface area contributed by atoms with Crippen molar-refractivity contribution in [2.75, 3.05) is 6.54 Å². The third-order valence-electron chi connectivity index (χ3n) is 4.06. The fraction of sp³-hybridized carbons (Fsp3) is 0.474. The molecular formula is C19H27N3O. The van der Waals surface area contributed by atoms with Crippen LogP contribution in [0.3, 0.4) is 0 Å². The van der Waals surface area contributed by atoms with Crippen LogP contribution >= 0.6 is 0 Å². The van der Waals surface area contributed by atoms with Gasteiger partial charge in [-0.2, -0.15) is 0 Å². The van der Waals surface area contributed by atoms with Crippen LogP contribution in [-0.4, -0.2) is 26.9 Å². The summed E-state index contributed by atoms with van der Waals surface area (Å²) >= 11 is 0. The van der Waals surface area contributed by atoms with E-state index in [0.29, 0.717) is 12.2 Å². The Morgan fingerprint density at radius 2 is 2.26 bits per heavy atom. The highest BCUT2D eigenvalue weighted by molar-refractivity contribution is 5.83. The molecule has 1 aromatic heterocycles. The maximum atomic E-state index is 10.0. The maximum absolute atomic E-state index is 10.0. The molecule has 0 bridgehead atoms. The van der Waals surface area contributed by atoms with E-state index in [4.69, 9.17) is 0 Å². The summed E-state index contributed by atoms with van der Waals surface area (Å²) in [6.07, 6.45) is 15.5. The summed E-state index contributed by atoms with van der Waals surface area (Å²) in [5, 5.41) is 10.0. The van der Waals surface area contributed by atoms with Crippen LogP contribution in [0.5, 0.6) is 0 Å². The highest BCUT2D eigenvalue weighted by atomic mass is 16.3. The molecule has 124 valence electrons. The first-order chi connectivity index (χ1) is 11.1. The Hall–Kier alpha value is -2.10. The van der Waals surface area contributed by atoms with Crippen molar-refractivity contribution in [3.8, 4) is 0 Å². The summed E-state index contributed by atoms with van der Waals surface area (Å²) in [4.78, 5) is 8.53. The molecule has 1 aliphatic rings. The van der Waals surface area contributed by atoms with Crippen LogP contribution in [0, 0.1) is 0 Å². The van der Waals surface area contributed by atoms with E-state index in [2.05, 4.69) is 16.6 Å². The van der Waals surface area contributed by atoms with E-state index >= 15 is 0 Å². The van der Waals surface area contributed by atoms with Gasteiger partial charge in [0.2, 0.25) is 0 Å². The smallest absolute Gasteiger partial charge is 0.0978 e. The second-order valence-electron chi connectivity index (χ2n) is 6.11. The number of aliphatic hydroxyl groups excluding tert-OH is 1. The number of nitrogens with zero attached hydrogens (tertiary/aromatic N) is 3. The molecule has 1 N–H and O–H groups in total. The molecule has 1 aliphatic carbocycles. The number of aryl methyl sites for hydroxylation is 1. The molecule has 1 aromatic rings. The lowest BCUT2D eigenvalue weighted by atomic mass is 9.90. The summed E-state index contributed by atoms with van der Waals surface area (Å²) in [6, 6.07) is 0. The van der Waals surface area contributed by atoms with Gasteiger partial charge < -0.3 is 9.67 Å². The molecule has 1 heterocycles. The number of rotatable bonds is 7. The first kappa shape index (κ1) is 17.3. The summed E-state index contributed by atoms with van der Waals surface area (Å²) < 4.78 is 2.05. The molecule has 0 amide bonds. The highest BCUT2D eigenvalue weighted by Gasteiger charge is 2.08. The van der Waals surface area contributed by atoms with E-state index in [1.54, 1.807) is 12.3 Å². The molecule has 0 radical (unpaired) electrons. The van der Waals surface area contributed by atoms with Gasteiger partial charge in [0.1, 0.15) is 0 Å². The van der Waals surface area contributed by atoms with Crippen molar-refractivity contribution in [1.82, 2.24) is 9.55 Å². The summed E-state index contributed by atoms with van der Waals surface area (Å²) in [7, 11) is 0. The van der Waals surface area contributed by atoms with Crippen LogP contribution in [0.25, 0.3) is 0 Å². The largest absolute Gasteiger partial charge is 0.512 e. The molecule has 4 nitrogen and oxygen atoms in total. The Balaban J connectivity index is 1.75. The summed E-state index contributed by atoms with van der Waals surface area (Å²) in [6.45, 7) is 7.76. The normalized spacial score (nSPS) is 18.7. The minimum absolute atomic E-state index is 0.367. The molecule has 0 atom stereocenters. The molecular weight excluding hydrogens is 286 g/mol. The van der Waals surface area contributed by atoms with E-state index in [1.165, 1.54) is 24.0 Å². The summed E-state index contributed by atoms with van der Waals surface area (Å²) in [5.74, 6) is 0.367. The van der Waals surface area contributed by atoms with Gasteiger partial charge in [-0.1, -0.05) is 18.2 Å². The number of hydrogen-bond acceptors (Lipinski definition) is 3. The lowest BCUT2D eigenvalue weighted by Crippen LogP contribution is -2.00. The van der Waals surface area contributed by atoms with Crippen LogP contribution in [0.15, 0.2) is 59.3 Å². The Kier molecular flexibility index (Phi) is 6.85. The number of allylic oxidation sites excluding steroid dienone is 5. The van der Waals surface area contributed by atoms with E-state index in [-0.39, 0.29) is 0 Å². The van der Waals surface area contributed by atoms with E-state index < -0.39 is 0 Å². The first-order valence-electron chi connectivity index (χ1n) is 8.37. The Labute approximate surface area is 139 Å². The van der Waals surface area contributed by atoms with E-state index in [0.717, 1.165) is 38.1 Å². The monoisotopic (exact) mass is 313 g/mol. The zero-order valence-electron chi connectivity index (χ0n) is 14.0.